The van der Waals surface area contributed by atoms with Crippen LogP contribution in [0.2, 0.25) is 0 Å². The zero-order valence-corrected chi connectivity index (χ0v) is 15.6. The van der Waals surface area contributed by atoms with Crippen LogP contribution >= 0.6 is 12.4 Å². The first-order valence-electron chi connectivity index (χ1n) is 8.24. The molecule has 2 aromatic carbocycles. The fraction of sp³-hybridized carbons (Fsp3) is 0.350. The summed E-state index contributed by atoms with van der Waals surface area (Å²) in [6.45, 7) is 5.47. The second-order valence-corrected chi connectivity index (χ2v) is 6.38. The van der Waals surface area contributed by atoms with Crippen LogP contribution in [-0.4, -0.2) is 19.1 Å². The first kappa shape index (κ1) is 21.2. The van der Waals surface area contributed by atoms with Crippen molar-refractivity contribution in [1.29, 1.82) is 0 Å². The lowest BCUT2D eigenvalue weighted by Gasteiger charge is -2.25. The number of hydrogen-bond acceptors (Lipinski definition) is 3. The SMILES string of the molecule is CC(CNC(=O)C(C)(N)c1ccccc1)COCc1ccccc1.Cl. The van der Waals surface area contributed by atoms with Crippen LogP contribution in [0.5, 0.6) is 0 Å². The number of carbonyl (C=O) groups excluding carboxylic acids is 1. The van der Waals surface area contributed by atoms with Crippen LogP contribution in [0.1, 0.15) is 25.0 Å². The smallest absolute Gasteiger partial charge is 0.244 e. The lowest BCUT2D eigenvalue weighted by Crippen LogP contribution is -2.50. The number of rotatable bonds is 8. The number of carbonyl (C=O) groups is 1. The molecular weight excluding hydrogens is 336 g/mol. The standard InChI is InChI=1S/C20H26N2O2.ClH/c1-16(14-24-15-17-9-5-3-6-10-17)13-22-19(23)20(2,21)18-11-7-4-8-12-18;/h3-12,16H,13-15,21H2,1-2H3,(H,22,23);1H. The molecule has 0 fully saturated rings. The van der Waals surface area contributed by atoms with Gasteiger partial charge in [0.05, 0.1) is 13.2 Å². The van der Waals surface area contributed by atoms with Crippen molar-refractivity contribution < 1.29 is 9.53 Å². The van der Waals surface area contributed by atoms with Gasteiger partial charge in [0.25, 0.3) is 0 Å². The molecule has 0 aliphatic rings. The topological polar surface area (TPSA) is 64.4 Å². The highest BCUT2D eigenvalue weighted by Crippen LogP contribution is 2.17. The van der Waals surface area contributed by atoms with Gasteiger partial charge >= 0.3 is 0 Å². The maximum Gasteiger partial charge on any atom is 0.244 e. The number of benzene rings is 2. The first-order valence-corrected chi connectivity index (χ1v) is 8.24. The number of ether oxygens (including phenoxy) is 1. The Kier molecular flexibility index (Phi) is 8.62. The van der Waals surface area contributed by atoms with Crippen LogP contribution < -0.4 is 11.1 Å². The highest BCUT2D eigenvalue weighted by atomic mass is 35.5. The van der Waals surface area contributed by atoms with E-state index in [0.29, 0.717) is 19.8 Å². The van der Waals surface area contributed by atoms with Crippen molar-refractivity contribution in [2.45, 2.75) is 26.0 Å². The molecule has 0 aliphatic heterocycles. The number of halogens is 1. The monoisotopic (exact) mass is 362 g/mol. The summed E-state index contributed by atoms with van der Waals surface area (Å²) in [5.74, 6) is 0.0350. The van der Waals surface area contributed by atoms with E-state index in [1.807, 2.05) is 67.6 Å². The van der Waals surface area contributed by atoms with Gasteiger partial charge in [0.1, 0.15) is 5.54 Å². The summed E-state index contributed by atoms with van der Waals surface area (Å²) in [7, 11) is 0. The Morgan fingerprint density at radius 3 is 2.28 bits per heavy atom. The molecule has 3 N–H and O–H groups in total. The van der Waals surface area contributed by atoms with Gasteiger partial charge in [0, 0.05) is 6.54 Å². The third kappa shape index (κ3) is 6.50. The predicted molar refractivity (Wildman–Crippen MR) is 104 cm³/mol. The largest absolute Gasteiger partial charge is 0.376 e. The molecule has 0 saturated carbocycles. The average Bonchev–Trinajstić information content (AvgIpc) is 2.61. The van der Waals surface area contributed by atoms with E-state index in [-0.39, 0.29) is 24.2 Å². The molecule has 2 atom stereocenters. The van der Waals surface area contributed by atoms with Gasteiger partial charge in [0.15, 0.2) is 0 Å². The number of nitrogens with one attached hydrogen (secondary N) is 1. The Bertz CT molecular complexity index is 633. The van der Waals surface area contributed by atoms with E-state index in [1.165, 1.54) is 0 Å². The van der Waals surface area contributed by atoms with Crippen LogP contribution in [-0.2, 0) is 21.7 Å². The maximum absolute atomic E-state index is 12.4. The van der Waals surface area contributed by atoms with Gasteiger partial charge < -0.3 is 15.8 Å². The molecule has 0 radical (unpaired) electrons. The highest BCUT2D eigenvalue weighted by molar-refractivity contribution is 5.87. The van der Waals surface area contributed by atoms with Gasteiger partial charge in [-0.3, -0.25) is 4.79 Å². The van der Waals surface area contributed by atoms with E-state index in [2.05, 4.69) is 5.32 Å². The summed E-state index contributed by atoms with van der Waals surface area (Å²) < 4.78 is 5.70. The summed E-state index contributed by atoms with van der Waals surface area (Å²) >= 11 is 0. The zero-order valence-electron chi connectivity index (χ0n) is 14.8. The third-order valence-corrected chi connectivity index (χ3v) is 3.97. The lowest BCUT2D eigenvalue weighted by atomic mass is 9.92. The normalized spacial score (nSPS) is 14.0. The zero-order chi connectivity index (χ0) is 17.4. The first-order chi connectivity index (χ1) is 11.5. The minimum absolute atomic E-state index is 0. The molecule has 0 saturated heterocycles. The van der Waals surface area contributed by atoms with E-state index in [0.717, 1.165) is 11.1 Å². The highest BCUT2D eigenvalue weighted by Gasteiger charge is 2.30. The molecule has 0 bridgehead atoms. The van der Waals surface area contributed by atoms with Gasteiger partial charge in [-0.15, -0.1) is 12.4 Å². The lowest BCUT2D eigenvalue weighted by molar-refractivity contribution is -0.126. The van der Waals surface area contributed by atoms with Crippen LogP contribution in [0.4, 0.5) is 0 Å². The van der Waals surface area contributed by atoms with Crippen molar-refractivity contribution in [1.82, 2.24) is 5.32 Å². The Morgan fingerprint density at radius 1 is 1.12 bits per heavy atom. The number of nitrogens with two attached hydrogens (primary N) is 1. The van der Waals surface area contributed by atoms with E-state index >= 15 is 0 Å². The molecule has 0 heterocycles. The second kappa shape index (κ2) is 10.2. The Morgan fingerprint density at radius 2 is 1.68 bits per heavy atom. The van der Waals surface area contributed by atoms with Crippen molar-refractivity contribution in [3.63, 3.8) is 0 Å². The summed E-state index contributed by atoms with van der Waals surface area (Å²) in [5, 5.41) is 2.93. The molecule has 2 rings (SSSR count). The minimum atomic E-state index is -1.04. The molecule has 2 aromatic rings. The third-order valence-electron chi connectivity index (χ3n) is 3.97. The van der Waals surface area contributed by atoms with Crippen molar-refractivity contribution in [3.05, 3.63) is 71.8 Å². The average molecular weight is 363 g/mol. The predicted octanol–water partition coefficient (Wildman–Crippen LogP) is 3.25. The van der Waals surface area contributed by atoms with Crippen LogP contribution in [0.25, 0.3) is 0 Å². The van der Waals surface area contributed by atoms with Crippen LogP contribution in [0, 0.1) is 5.92 Å². The minimum Gasteiger partial charge on any atom is -0.376 e. The van der Waals surface area contributed by atoms with Gasteiger partial charge in [-0.25, -0.2) is 0 Å². The quantitative estimate of drug-likeness (QED) is 0.757. The Hall–Kier alpha value is -1.88. The molecule has 2 unspecified atom stereocenters. The fourth-order valence-electron chi connectivity index (χ4n) is 2.38. The summed E-state index contributed by atoms with van der Waals surface area (Å²) in [5.41, 5.74) is 7.11. The molecule has 1 amide bonds. The van der Waals surface area contributed by atoms with Gasteiger partial charge in [0.2, 0.25) is 5.91 Å². The summed E-state index contributed by atoms with van der Waals surface area (Å²) in [6, 6.07) is 19.4. The van der Waals surface area contributed by atoms with Crippen molar-refractivity contribution in [3.8, 4) is 0 Å². The van der Waals surface area contributed by atoms with E-state index in [4.69, 9.17) is 10.5 Å². The summed E-state index contributed by atoms with van der Waals surface area (Å²) in [6.07, 6.45) is 0. The second-order valence-electron chi connectivity index (χ2n) is 6.38. The molecule has 0 spiro atoms. The molecule has 25 heavy (non-hydrogen) atoms. The fourth-order valence-corrected chi connectivity index (χ4v) is 2.38. The van der Waals surface area contributed by atoms with E-state index in [9.17, 15) is 4.79 Å². The summed E-state index contributed by atoms with van der Waals surface area (Å²) in [4.78, 5) is 12.4. The Labute approximate surface area is 156 Å². The molecule has 0 aliphatic carbocycles. The maximum atomic E-state index is 12.4. The van der Waals surface area contributed by atoms with Crippen molar-refractivity contribution >= 4 is 18.3 Å². The van der Waals surface area contributed by atoms with Crippen molar-refractivity contribution in [2.24, 2.45) is 11.7 Å². The molecule has 136 valence electrons. The van der Waals surface area contributed by atoms with E-state index in [1.54, 1.807) is 6.92 Å². The van der Waals surface area contributed by atoms with Gasteiger partial charge in [-0.05, 0) is 24.0 Å². The molecule has 0 aromatic heterocycles. The van der Waals surface area contributed by atoms with Crippen molar-refractivity contribution in [2.75, 3.05) is 13.2 Å². The van der Waals surface area contributed by atoms with Crippen LogP contribution in [0.3, 0.4) is 0 Å². The number of amides is 1. The Balaban J connectivity index is 0.00000312. The molecule has 4 nitrogen and oxygen atoms in total. The number of hydrogen-bond donors (Lipinski definition) is 2. The van der Waals surface area contributed by atoms with Gasteiger partial charge in [-0.2, -0.15) is 0 Å². The van der Waals surface area contributed by atoms with Gasteiger partial charge in [-0.1, -0.05) is 67.6 Å². The van der Waals surface area contributed by atoms with E-state index < -0.39 is 5.54 Å². The van der Waals surface area contributed by atoms with Crippen LogP contribution in [0.15, 0.2) is 60.7 Å². The molecule has 5 heteroatoms. The molecular formula is C20H27ClN2O2.